The molecule has 9 nitrogen and oxygen atoms in total. The van der Waals surface area contributed by atoms with Crippen LogP contribution in [0.5, 0.6) is 0 Å². The van der Waals surface area contributed by atoms with Crippen LogP contribution in [0.2, 0.25) is 0 Å². The molecule has 1 saturated carbocycles. The predicted molar refractivity (Wildman–Crippen MR) is 146 cm³/mol. The Morgan fingerprint density at radius 1 is 1.08 bits per heavy atom. The summed E-state index contributed by atoms with van der Waals surface area (Å²) >= 11 is 0. The average Bonchev–Trinajstić information content (AvgIpc) is 3.68. The van der Waals surface area contributed by atoms with Gasteiger partial charge < -0.3 is 10.2 Å². The van der Waals surface area contributed by atoms with Crippen molar-refractivity contribution in [2.24, 2.45) is 5.92 Å². The van der Waals surface area contributed by atoms with Crippen LogP contribution < -0.4 is 15.6 Å². The molecule has 0 atom stereocenters. The highest BCUT2D eigenvalue weighted by Crippen LogP contribution is 2.28. The van der Waals surface area contributed by atoms with Gasteiger partial charge >= 0.3 is 0 Å². The van der Waals surface area contributed by atoms with Gasteiger partial charge in [-0.05, 0) is 101 Å². The number of rotatable bonds is 9. The van der Waals surface area contributed by atoms with Crippen LogP contribution in [0.4, 0.5) is 5.95 Å². The van der Waals surface area contributed by atoms with E-state index in [0.717, 1.165) is 55.8 Å². The number of benzene rings is 1. The Morgan fingerprint density at radius 3 is 2.51 bits per heavy atom. The van der Waals surface area contributed by atoms with E-state index in [1.54, 1.807) is 29.0 Å². The van der Waals surface area contributed by atoms with Crippen molar-refractivity contribution in [2.45, 2.75) is 63.4 Å². The van der Waals surface area contributed by atoms with E-state index in [9.17, 15) is 13.2 Å². The summed E-state index contributed by atoms with van der Waals surface area (Å²) in [6, 6.07) is 6.77. The highest BCUT2D eigenvalue weighted by atomic mass is 32.2. The monoisotopic (exact) mass is 524 g/mol. The van der Waals surface area contributed by atoms with Crippen LogP contribution in [0.15, 0.2) is 40.2 Å². The first-order valence-electron chi connectivity index (χ1n) is 13.2. The molecule has 2 aromatic heterocycles. The number of aromatic nitrogens is 3. The summed E-state index contributed by atoms with van der Waals surface area (Å²) in [4.78, 5) is 25.3. The molecule has 10 heteroatoms. The minimum Gasteiger partial charge on any atom is -0.354 e. The van der Waals surface area contributed by atoms with Crippen molar-refractivity contribution in [3.63, 3.8) is 0 Å². The lowest BCUT2D eigenvalue weighted by Gasteiger charge is -2.28. The molecule has 1 aliphatic carbocycles. The van der Waals surface area contributed by atoms with Crippen LogP contribution in [0.3, 0.4) is 0 Å². The molecule has 0 spiro atoms. The summed E-state index contributed by atoms with van der Waals surface area (Å²) in [5, 5.41) is 4.11. The second kappa shape index (κ2) is 10.5. The van der Waals surface area contributed by atoms with Gasteiger partial charge in [0.2, 0.25) is 16.0 Å². The van der Waals surface area contributed by atoms with Gasteiger partial charge in [0.25, 0.3) is 5.56 Å². The summed E-state index contributed by atoms with van der Waals surface area (Å²) in [7, 11) is -1.39. The van der Waals surface area contributed by atoms with Crippen molar-refractivity contribution in [3.05, 3.63) is 46.4 Å². The quantitative estimate of drug-likeness (QED) is 0.442. The van der Waals surface area contributed by atoms with E-state index in [4.69, 9.17) is 0 Å². The van der Waals surface area contributed by atoms with Gasteiger partial charge in [-0.1, -0.05) is 6.07 Å². The highest BCUT2D eigenvalue weighted by molar-refractivity contribution is 7.89. The molecule has 3 heterocycles. The van der Waals surface area contributed by atoms with Crippen LogP contribution in [0, 0.1) is 12.8 Å². The van der Waals surface area contributed by atoms with Crippen molar-refractivity contribution in [2.75, 3.05) is 32.0 Å². The molecule has 2 fully saturated rings. The zero-order valence-electron chi connectivity index (χ0n) is 21.8. The van der Waals surface area contributed by atoms with E-state index in [2.05, 4.69) is 32.0 Å². The van der Waals surface area contributed by atoms with Gasteiger partial charge in [0.15, 0.2) is 0 Å². The maximum absolute atomic E-state index is 13.5. The van der Waals surface area contributed by atoms with Gasteiger partial charge in [-0.2, -0.15) is 4.98 Å². The summed E-state index contributed by atoms with van der Waals surface area (Å²) in [5.41, 5.74) is 2.39. The lowest BCUT2D eigenvalue weighted by Crippen LogP contribution is -2.31. The molecule has 2 aliphatic rings. The van der Waals surface area contributed by atoms with E-state index in [-0.39, 0.29) is 16.5 Å². The summed E-state index contributed by atoms with van der Waals surface area (Å²) in [6.45, 7) is 7.32. The molecule has 1 aliphatic heterocycles. The maximum Gasteiger partial charge on any atom is 0.260 e. The van der Waals surface area contributed by atoms with Crippen molar-refractivity contribution < 1.29 is 8.42 Å². The molecule has 0 bridgehead atoms. The lowest BCUT2D eigenvalue weighted by atomic mass is 9.94. The molecule has 1 saturated heterocycles. The number of sulfonamides is 1. The lowest BCUT2D eigenvalue weighted by molar-refractivity contribution is 0.215. The number of nitrogens with zero attached hydrogens (tertiary/aromatic N) is 4. The highest BCUT2D eigenvalue weighted by Gasteiger charge is 2.28. The third kappa shape index (κ3) is 5.71. The second-order valence-electron chi connectivity index (χ2n) is 10.4. The number of piperidine rings is 1. The Morgan fingerprint density at radius 2 is 1.84 bits per heavy atom. The van der Waals surface area contributed by atoms with Crippen LogP contribution in [-0.4, -0.2) is 60.6 Å². The molecular formula is C27H36N6O3S. The van der Waals surface area contributed by atoms with Gasteiger partial charge in [0.1, 0.15) is 5.65 Å². The van der Waals surface area contributed by atoms with E-state index in [0.29, 0.717) is 29.3 Å². The van der Waals surface area contributed by atoms with Gasteiger partial charge in [0.05, 0.1) is 4.90 Å². The SMILES string of the molecule is CCn1c(=O)c(-c2ccc(S(=O)(=O)NC3CC3)cc2C)cc2cnc(NCCC3CCN(C)CC3)nc21. The summed E-state index contributed by atoms with van der Waals surface area (Å²) < 4.78 is 29.6. The molecule has 3 aromatic rings. The fraction of sp³-hybridized carbons (Fsp3) is 0.519. The van der Waals surface area contributed by atoms with Gasteiger partial charge in [-0.3, -0.25) is 9.36 Å². The number of hydrogen-bond donors (Lipinski definition) is 2. The number of hydrogen-bond acceptors (Lipinski definition) is 7. The Hall–Kier alpha value is -2.82. The van der Waals surface area contributed by atoms with Gasteiger partial charge in [-0.15, -0.1) is 0 Å². The van der Waals surface area contributed by atoms with Crippen LogP contribution in [-0.2, 0) is 16.6 Å². The topological polar surface area (TPSA) is 109 Å². The number of anilines is 1. The molecule has 198 valence electrons. The minimum atomic E-state index is -3.56. The smallest absolute Gasteiger partial charge is 0.260 e. The van der Waals surface area contributed by atoms with Crippen LogP contribution >= 0.6 is 0 Å². The number of likely N-dealkylation sites (tertiary alicyclic amines) is 1. The molecule has 0 radical (unpaired) electrons. The fourth-order valence-corrected chi connectivity index (χ4v) is 6.45. The Balaban J connectivity index is 1.39. The van der Waals surface area contributed by atoms with Crippen molar-refractivity contribution in [1.29, 1.82) is 0 Å². The third-order valence-corrected chi connectivity index (χ3v) is 9.03. The average molecular weight is 525 g/mol. The maximum atomic E-state index is 13.5. The standard InChI is InChI=1S/C27H36N6O3S/c1-4-33-25-20(17-29-27(30-25)28-12-9-19-10-13-32(3)14-11-19)16-24(26(33)34)23-8-7-22(15-18(23)2)37(35,36)31-21-5-6-21/h7-8,15-17,19,21,31H,4-6,9-14H2,1-3H3,(H,28,29,30). The number of aryl methyl sites for hydroxylation is 2. The third-order valence-electron chi connectivity index (χ3n) is 7.51. The first-order chi connectivity index (χ1) is 17.7. The minimum absolute atomic E-state index is 0.0379. The zero-order valence-corrected chi connectivity index (χ0v) is 22.6. The number of fused-ring (bicyclic) bond motifs is 1. The summed E-state index contributed by atoms with van der Waals surface area (Å²) in [5.74, 6) is 1.25. The molecule has 1 aromatic carbocycles. The second-order valence-corrected chi connectivity index (χ2v) is 12.1. The number of nitrogens with one attached hydrogen (secondary N) is 2. The molecule has 5 rings (SSSR count). The first kappa shape index (κ1) is 25.8. The van der Waals surface area contributed by atoms with E-state index >= 15 is 0 Å². The van der Waals surface area contributed by atoms with Crippen LogP contribution in [0.25, 0.3) is 22.2 Å². The predicted octanol–water partition coefficient (Wildman–Crippen LogP) is 3.37. The largest absolute Gasteiger partial charge is 0.354 e. The fourth-order valence-electron chi connectivity index (χ4n) is 5.06. The van der Waals surface area contributed by atoms with Crippen LogP contribution in [0.1, 0.15) is 44.6 Å². The van der Waals surface area contributed by atoms with Crippen molar-refractivity contribution >= 4 is 27.0 Å². The van der Waals surface area contributed by atoms with Gasteiger partial charge in [0, 0.05) is 36.3 Å². The first-order valence-corrected chi connectivity index (χ1v) is 14.7. The summed E-state index contributed by atoms with van der Waals surface area (Å²) in [6.07, 6.45) is 7.03. The zero-order chi connectivity index (χ0) is 26.2. The van der Waals surface area contributed by atoms with E-state index in [1.165, 1.54) is 12.8 Å². The van der Waals surface area contributed by atoms with Gasteiger partial charge in [-0.25, -0.2) is 18.1 Å². The van der Waals surface area contributed by atoms with E-state index < -0.39 is 10.0 Å². The molecule has 2 N–H and O–H groups in total. The van der Waals surface area contributed by atoms with Crippen molar-refractivity contribution in [3.8, 4) is 11.1 Å². The Kier molecular flexibility index (Phi) is 7.33. The molecule has 0 amide bonds. The molecule has 37 heavy (non-hydrogen) atoms. The normalized spacial score (nSPS) is 17.4. The van der Waals surface area contributed by atoms with Crippen molar-refractivity contribution in [1.82, 2.24) is 24.2 Å². The van der Waals surface area contributed by atoms with E-state index in [1.807, 2.05) is 19.9 Å². The Labute approximate surface area is 218 Å². The molecular weight excluding hydrogens is 488 g/mol. The molecule has 0 unspecified atom stereocenters. The number of pyridine rings is 1. The Bertz CT molecular complexity index is 1460.